The minimum absolute atomic E-state index is 0.00101. The summed E-state index contributed by atoms with van der Waals surface area (Å²) in [5, 5.41) is 0. The number of ether oxygens (including phenoxy) is 1. The number of aryl methyl sites for hydroxylation is 1. The van der Waals surface area contributed by atoms with Crippen LogP contribution in [0.3, 0.4) is 0 Å². The van der Waals surface area contributed by atoms with Crippen LogP contribution >= 0.6 is 0 Å². The zero-order valence-corrected chi connectivity index (χ0v) is 14.4. The zero-order valence-electron chi connectivity index (χ0n) is 14.4. The fourth-order valence-electron chi connectivity index (χ4n) is 2.55. The maximum absolute atomic E-state index is 12.2. The lowest BCUT2D eigenvalue weighted by Crippen LogP contribution is -2.51. The summed E-state index contributed by atoms with van der Waals surface area (Å²) in [6, 6.07) is 7.67. The molecule has 8 nitrogen and oxygen atoms in total. The summed E-state index contributed by atoms with van der Waals surface area (Å²) in [5.41, 5.74) is 3.09. The number of nitrogens with zero attached hydrogens (tertiary/aromatic N) is 2. The first-order chi connectivity index (χ1) is 12.0. The van der Waals surface area contributed by atoms with Crippen LogP contribution in [-0.4, -0.2) is 60.3 Å². The lowest BCUT2D eigenvalue weighted by Gasteiger charge is -2.34. The average Bonchev–Trinajstić information content (AvgIpc) is 2.63. The van der Waals surface area contributed by atoms with Crippen molar-refractivity contribution < 1.29 is 19.1 Å². The van der Waals surface area contributed by atoms with Gasteiger partial charge in [-0.3, -0.25) is 19.8 Å². The molecule has 3 amide bonds. The highest BCUT2D eigenvalue weighted by Gasteiger charge is 2.24. The van der Waals surface area contributed by atoms with E-state index in [2.05, 4.69) is 0 Å². The van der Waals surface area contributed by atoms with Crippen molar-refractivity contribution in [1.82, 2.24) is 15.2 Å². The second kappa shape index (κ2) is 9.03. The SMILES string of the molecule is Cc1ccc(OCCC(=O)N2CCN(C(=O)CC(=O)NN)CC2)cc1. The molecule has 0 bridgehead atoms. The normalized spacial score (nSPS) is 14.2. The fourth-order valence-corrected chi connectivity index (χ4v) is 2.55. The number of nitrogens with two attached hydrogens (primary N) is 1. The smallest absolute Gasteiger partial charge is 0.243 e. The van der Waals surface area contributed by atoms with E-state index in [1.54, 1.807) is 9.80 Å². The first-order valence-corrected chi connectivity index (χ1v) is 8.24. The molecule has 0 radical (unpaired) electrons. The Morgan fingerprint density at radius 2 is 1.60 bits per heavy atom. The third-order valence-electron chi connectivity index (χ3n) is 4.06. The van der Waals surface area contributed by atoms with Crippen LogP contribution in [0.4, 0.5) is 0 Å². The van der Waals surface area contributed by atoms with Gasteiger partial charge in [0.15, 0.2) is 0 Å². The van der Waals surface area contributed by atoms with Crippen molar-refractivity contribution in [3.05, 3.63) is 29.8 Å². The topological polar surface area (TPSA) is 105 Å². The molecular weight excluding hydrogens is 324 g/mol. The van der Waals surface area contributed by atoms with E-state index in [4.69, 9.17) is 10.6 Å². The highest BCUT2D eigenvalue weighted by molar-refractivity contribution is 5.96. The quantitative estimate of drug-likeness (QED) is 0.321. The number of rotatable bonds is 6. The molecule has 0 saturated carbocycles. The molecule has 0 aromatic heterocycles. The Balaban J connectivity index is 1.69. The summed E-state index contributed by atoms with van der Waals surface area (Å²) >= 11 is 0. The Bertz CT molecular complexity index is 610. The molecule has 0 aliphatic carbocycles. The maximum Gasteiger partial charge on any atom is 0.243 e. The van der Waals surface area contributed by atoms with E-state index in [1.807, 2.05) is 36.6 Å². The number of amides is 3. The minimum Gasteiger partial charge on any atom is -0.493 e. The third kappa shape index (κ3) is 5.75. The van der Waals surface area contributed by atoms with Gasteiger partial charge in [0.25, 0.3) is 0 Å². The number of hydrazine groups is 1. The summed E-state index contributed by atoms with van der Waals surface area (Å²) in [5.74, 6) is 4.92. The van der Waals surface area contributed by atoms with Gasteiger partial charge < -0.3 is 14.5 Å². The van der Waals surface area contributed by atoms with E-state index >= 15 is 0 Å². The highest BCUT2D eigenvalue weighted by atomic mass is 16.5. The van der Waals surface area contributed by atoms with Crippen LogP contribution in [0.15, 0.2) is 24.3 Å². The van der Waals surface area contributed by atoms with Gasteiger partial charge in [0.1, 0.15) is 12.2 Å². The Morgan fingerprint density at radius 3 is 2.16 bits per heavy atom. The van der Waals surface area contributed by atoms with Gasteiger partial charge in [-0.2, -0.15) is 0 Å². The lowest BCUT2D eigenvalue weighted by molar-refractivity contribution is -0.142. The van der Waals surface area contributed by atoms with Crippen molar-refractivity contribution in [3.63, 3.8) is 0 Å². The summed E-state index contributed by atoms with van der Waals surface area (Å²) in [6.07, 6.45) is 0.0201. The molecule has 25 heavy (non-hydrogen) atoms. The molecule has 0 atom stereocenters. The van der Waals surface area contributed by atoms with Gasteiger partial charge in [-0.25, -0.2) is 5.84 Å². The van der Waals surface area contributed by atoms with E-state index < -0.39 is 5.91 Å². The fraction of sp³-hybridized carbons (Fsp3) is 0.471. The predicted octanol–water partition coefficient (Wildman–Crippen LogP) is -0.185. The van der Waals surface area contributed by atoms with Crippen molar-refractivity contribution in [1.29, 1.82) is 0 Å². The van der Waals surface area contributed by atoms with Gasteiger partial charge in [-0.1, -0.05) is 17.7 Å². The molecule has 1 aromatic rings. The average molecular weight is 348 g/mol. The molecule has 1 aliphatic heterocycles. The molecule has 8 heteroatoms. The maximum atomic E-state index is 12.2. The summed E-state index contributed by atoms with van der Waals surface area (Å²) in [7, 11) is 0. The monoisotopic (exact) mass is 348 g/mol. The minimum atomic E-state index is -0.517. The zero-order chi connectivity index (χ0) is 18.2. The van der Waals surface area contributed by atoms with Crippen LogP contribution in [0.5, 0.6) is 5.75 Å². The van der Waals surface area contributed by atoms with E-state index in [0.717, 1.165) is 11.3 Å². The highest BCUT2D eigenvalue weighted by Crippen LogP contribution is 2.12. The Kier molecular flexibility index (Phi) is 6.76. The van der Waals surface area contributed by atoms with Gasteiger partial charge >= 0.3 is 0 Å². The molecule has 1 fully saturated rings. The van der Waals surface area contributed by atoms with Gasteiger partial charge in [0, 0.05) is 26.2 Å². The van der Waals surface area contributed by atoms with Crippen LogP contribution in [0.25, 0.3) is 0 Å². The van der Waals surface area contributed by atoms with E-state index in [1.165, 1.54) is 0 Å². The second-order valence-corrected chi connectivity index (χ2v) is 5.92. The van der Waals surface area contributed by atoms with Gasteiger partial charge in [-0.15, -0.1) is 0 Å². The predicted molar refractivity (Wildman–Crippen MR) is 91.4 cm³/mol. The number of hydrogen-bond acceptors (Lipinski definition) is 5. The van der Waals surface area contributed by atoms with Crippen molar-refractivity contribution in [2.75, 3.05) is 32.8 Å². The van der Waals surface area contributed by atoms with E-state index in [0.29, 0.717) is 32.8 Å². The summed E-state index contributed by atoms with van der Waals surface area (Å²) < 4.78 is 5.57. The standard InChI is InChI=1S/C17H24N4O4/c1-13-2-4-14(5-3-13)25-11-6-16(23)20-7-9-21(10-8-20)17(24)12-15(22)19-18/h2-5H,6-12,18H2,1H3,(H,19,22). The molecule has 136 valence electrons. The number of carbonyl (C=O) groups is 3. The van der Waals surface area contributed by atoms with Gasteiger partial charge in [0.05, 0.1) is 13.0 Å². The van der Waals surface area contributed by atoms with Crippen LogP contribution < -0.4 is 16.0 Å². The van der Waals surface area contributed by atoms with Crippen LogP contribution in [0, 0.1) is 6.92 Å². The number of carbonyl (C=O) groups excluding carboxylic acids is 3. The molecule has 3 N–H and O–H groups in total. The molecule has 1 aliphatic rings. The van der Waals surface area contributed by atoms with Crippen molar-refractivity contribution in [2.24, 2.45) is 5.84 Å². The number of hydrogen-bond donors (Lipinski definition) is 2. The number of piperazine rings is 1. The Labute approximate surface area is 146 Å². The second-order valence-electron chi connectivity index (χ2n) is 5.92. The van der Waals surface area contributed by atoms with Crippen LogP contribution in [0.1, 0.15) is 18.4 Å². The molecule has 2 rings (SSSR count). The van der Waals surface area contributed by atoms with Crippen molar-refractivity contribution in [3.8, 4) is 5.75 Å². The Morgan fingerprint density at radius 1 is 1.04 bits per heavy atom. The van der Waals surface area contributed by atoms with Gasteiger partial charge in [0.2, 0.25) is 17.7 Å². The van der Waals surface area contributed by atoms with E-state index in [9.17, 15) is 14.4 Å². The summed E-state index contributed by atoms with van der Waals surface area (Å²) in [4.78, 5) is 38.5. The largest absolute Gasteiger partial charge is 0.493 e. The van der Waals surface area contributed by atoms with Crippen LogP contribution in [0.2, 0.25) is 0 Å². The van der Waals surface area contributed by atoms with Crippen LogP contribution in [-0.2, 0) is 14.4 Å². The number of nitrogens with one attached hydrogen (secondary N) is 1. The first-order valence-electron chi connectivity index (χ1n) is 8.24. The molecule has 1 saturated heterocycles. The molecule has 1 aromatic carbocycles. The number of benzene rings is 1. The van der Waals surface area contributed by atoms with Crippen molar-refractivity contribution >= 4 is 17.7 Å². The van der Waals surface area contributed by atoms with E-state index in [-0.39, 0.29) is 24.7 Å². The summed E-state index contributed by atoms with van der Waals surface area (Å²) in [6.45, 7) is 4.07. The molecule has 1 heterocycles. The lowest BCUT2D eigenvalue weighted by atomic mass is 10.2. The molecule has 0 spiro atoms. The van der Waals surface area contributed by atoms with Crippen molar-refractivity contribution in [2.45, 2.75) is 19.8 Å². The molecule has 0 unspecified atom stereocenters. The molecular formula is C17H24N4O4. The third-order valence-corrected chi connectivity index (χ3v) is 4.06. The van der Waals surface area contributed by atoms with Gasteiger partial charge in [-0.05, 0) is 19.1 Å². The Hall–Kier alpha value is -2.61. The first kappa shape index (κ1) is 18.7.